The SMILES string of the molecule is CC[C@@H](C(=O)NCC(C)C)N(Cc1ccccc1Cl)C(=O)CCc1ccc(C(C)C)cc1. The second-order valence-corrected chi connectivity index (χ2v) is 9.48. The van der Waals surface area contributed by atoms with E-state index in [1.54, 1.807) is 4.90 Å². The number of nitrogens with zero attached hydrogens (tertiary/aromatic N) is 1. The monoisotopic (exact) mass is 456 g/mol. The number of rotatable bonds is 11. The molecule has 2 rings (SSSR count). The normalized spacial score (nSPS) is 12.1. The summed E-state index contributed by atoms with van der Waals surface area (Å²) >= 11 is 6.38. The van der Waals surface area contributed by atoms with Crippen molar-refractivity contribution in [2.75, 3.05) is 6.54 Å². The van der Waals surface area contributed by atoms with Crippen molar-refractivity contribution in [1.82, 2.24) is 10.2 Å². The zero-order chi connectivity index (χ0) is 23.7. The molecule has 0 aliphatic heterocycles. The minimum Gasteiger partial charge on any atom is -0.354 e. The Balaban J connectivity index is 2.18. The van der Waals surface area contributed by atoms with Gasteiger partial charge in [-0.05, 0) is 47.4 Å². The van der Waals surface area contributed by atoms with E-state index in [0.717, 1.165) is 11.1 Å². The Bertz CT molecular complexity index is 877. The third kappa shape index (κ3) is 7.67. The molecule has 0 aliphatic carbocycles. The Morgan fingerprint density at radius 1 is 1.00 bits per heavy atom. The first-order valence-corrected chi connectivity index (χ1v) is 12.0. The fourth-order valence-corrected chi connectivity index (χ4v) is 3.81. The molecule has 2 aromatic rings. The van der Waals surface area contributed by atoms with Crippen LogP contribution in [-0.2, 0) is 22.6 Å². The molecule has 0 radical (unpaired) electrons. The zero-order valence-corrected chi connectivity index (χ0v) is 20.8. The molecule has 0 spiro atoms. The number of hydrogen-bond acceptors (Lipinski definition) is 2. The van der Waals surface area contributed by atoms with Gasteiger partial charge in [0.2, 0.25) is 11.8 Å². The summed E-state index contributed by atoms with van der Waals surface area (Å²) in [6, 6.07) is 15.4. The third-order valence-corrected chi connectivity index (χ3v) is 6.01. The van der Waals surface area contributed by atoms with Crippen LogP contribution in [0.15, 0.2) is 48.5 Å². The second-order valence-electron chi connectivity index (χ2n) is 9.07. The molecule has 5 heteroatoms. The molecule has 0 bridgehead atoms. The maximum Gasteiger partial charge on any atom is 0.242 e. The van der Waals surface area contributed by atoms with Gasteiger partial charge in [-0.1, -0.05) is 88.7 Å². The Kier molecular flexibility index (Phi) is 10.2. The van der Waals surface area contributed by atoms with Crippen molar-refractivity contribution in [2.24, 2.45) is 5.92 Å². The van der Waals surface area contributed by atoms with Crippen LogP contribution in [0.3, 0.4) is 0 Å². The summed E-state index contributed by atoms with van der Waals surface area (Å²) in [7, 11) is 0. The van der Waals surface area contributed by atoms with E-state index >= 15 is 0 Å². The van der Waals surface area contributed by atoms with Crippen LogP contribution in [0.2, 0.25) is 5.02 Å². The lowest BCUT2D eigenvalue weighted by Gasteiger charge is -2.31. The van der Waals surface area contributed by atoms with Crippen LogP contribution in [0.5, 0.6) is 0 Å². The topological polar surface area (TPSA) is 49.4 Å². The van der Waals surface area contributed by atoms with Gasteiger partial charge in [-0.15, -0.1) is 0 Å². The summed E-state index contributed by atoms with van der Waals surface area (Å²) in [5.74, 6) is 0.678. The molecule has 0 saturated carbocycles. The summed E-state index contributed by atoms with van der Waals surface area (Å²) in [5, 5.41) is 3.60. The van der Waals surface area contributed by atoms with E-state index in [4.69, 9.17) is 11.6 Å². The van der Waals surface area contributed by atoms with Gasteiger partial charge in [0.1, 0.15) is 6.04 Å². The van der Waals surface area contributed by atoms with Crippen LogP contribution in [0.1, 0.15) is 70.1 Å². The maximum atomic E-state index is 13.4. The fraction of sp³-hybridized carbons (Fsp3) is 0.481. The predicted octanol–water partition coefficient (Wildman–Crippen LogP) is 5.98. The number of amides is 2. The Morgan fingerprint density at radius 3 is 2.22 bits per heavy atom. The number of nitrogens with one attached hydrogen (secondary N) is 1. The van der Waals surface area contributed by atoms with E-state index in [-0.39, 0.29) is 11.8 Å². The highest BCUT2D eigenvalue weighted by Gasteiger charge is 2.28. The first kappa shape index (κ1) is 25.9. The maximum absolute atomic E-state index is 13.4. The van der Waals surface area contributed by atoms with Gasteiger partial charge in [0, 0.05) is 24.5 Å². The van der Waals surface area contributed by atoms with E-state index in [2.05, 4.69) is 57.3 Å². The molecule has 0 unspecified atom stereocenters. The third-order valence-electron chi connectivity index (χ3n) is 5.64. The summed E-state index contributed by atoms with van der Waals surface area (Å²) in [5.41, 5.74) is 3.25. The van der Waals surface area contributed by atoms with Crippen molar-refractivity contribution in [2.45, 2.75) is 72.4 Å². The Hall–Kier alpha value is -2.33. The lowest BCUT2D eigenvalue weighted by molar-refractivity contribution is -0.141. The first-order chi connectivity index (χ1) is 15.2. The van der Waals surface area contributed by atoms with Crippen molar-refractivity contribution < 1.29 is 9.59 Å². The molecule has 1 N–H and O–H groups in total. The number of aryl methyl sites for hydroxylation is 1. The molecule has 0 aliphatic rings. The summed E-state index contributed by atoms with van der Waals surface area (Å²) in [4.78, 5) is 28.0. The van der Waals surface area contributed by atoms with Gasteiger partial charge in [0.25, 0.3) is 0 Å². The van der Waals surface area contributed by atoms with Crippen LogP contribution >= 0.6 is 11.6 Å². The highest BCUT2D eigenvalue weighted by Crippen LogP contribution is 2.21. The van der Waals surface area contributed by atoms with Crippen LogP contribution in [-0.4, -0.2) is 29.3 Å². The van der Waals surface area contributed by atoms with Gasteiger partial charge >= 0.3 is 0 Å². The predicted molar refractivity (Wildman–Crippen MR) is 133 cm³/mol. The molecule has 0 saturated heterocycles. The highest BCUT2D eigenvalue weighted by molar-refractivity contribution is 6.31. The lowest BCUT2D eigenvalue weighted by Crippen LogP contribution is -2.49. The Morgan fingerprint density at radius 2 is 1.66 bits per heavy atom. The molecule has 2 amide bonds. The summed E-state index contributed by atoms with van der Waals surface area (Å²) in [6.07, 6.45) is 1.53. The Labute approximate surface area is 198 Å². The zero-order valence-electron chi connectivity index (χ0n) is 20.0. The van der Waals surface area contributed by atoms with E-state index in [1.165, 1.54) is 5.56 Å². The molecule has 2 aromatic carbocycles. The molecule has 0 heterocycles. The number of halogens is 1. The van der Waals surface area contributed by atoms with Crippen molar-refractivity contribution in [3.63, 3.8) is 0 Å². The van der Waals surface area contributed by atoms with Gasteiger partial charge in [-0.2, -0.15) is 0 Å². The van der Waals surface area contributed by atoms with Crippen LogP contribution in [0.4, 0.5) is 0 Å². The summed E-state index contributed by atoms with van der Waals surface area (Å²) in [6.45, 7) is 11.3. The van der Waals surface area contributed by atoms with E-state index in [9.17, 15) is 9.59 Å². The van der Waals surface area contributed by atoms with Crippen molar-refractivity contribution in [3.8, 4) is 0 Å². The number of hydrogen-bond donors (Lipinski definition) is 1. The van der Waals surface area contributed by atoms with Crippen molar-refractivity contribution >= 4 is 23.4 Å². The van der Waals surface area contributed by atoms with Crippen molar-refractivity contribution in [1.29, 1.82) is 0 Å². The molecule has 0 fully saturated rings. The van der Waals surface area contributed by atoms with E-state index in [1.807, 2.05) is 31.2 Å². The molecule has 1 atom stereocenters. The van der Waals surface area contributed by atoms with Crippen molar-refractivity contribution in [3.05, 3.63) is 70.2 Å². The van der Waals surface area contributed by atoms with Gasteiger partial charge in [0.15, 0.2) is 0 Å². The van der Waals surface area contributed by atoms with Crippen LogP contribution < -0.4 is 5.32 Å². The van der Waals surface area contributed by atoms with Gasteiger partial charge in [0.05, 0.1) is 0 Å². The quantitative estimate of drug-likeness (QED) is 0.452. The molecular weight excluding hydrogens is 420 g/mol. The summed E-state index contributed by atoms with van der Waals surface area (Å²) < 4.78 is 0. The minimum atomic E-state index is -0.527. The first-order valence-electron chi connectivity index (χ1n) is 11.6. The number of benzene rings is 2. The fourth-order valence-electron chi connectivity index (χ4n) is 3.62. The average molecular weight is 457 g/mol. The van der Waals surface area contributed by atoms with E-state index in [0.29, 0.717) is 49.2 Å². The van der Waals surface area contributed by atoms with Gasteiger partial charge in [-0.3, -0.25) is 9.59 Å². The van der Waals surface area contributed by atoms with Crippen LogP contribution in [0, 0.1) is 5.92 Å². The second kappa shape index (κ2) is 12.6. The number of carbonyl (C=O) groups excluding carboxylic acids is 2. The van der Waals surface area contributed by atoms with Crippen LogP contribution in [0.25, 0.3) is 0 Å². The van der Waals surface area contributed by atoms with Gasteiger partial charge in [-0.25, -0.2) is 0 Å². The van der Waals surface area contributed by atoms with E-state index < -0.39 is 6.04 Å². The lowest BCUT2D eigenvalue weighted by atomic mass is 10.00. The smallest absolute Gasteiger partial charge is 0.242 e. The van der Waals surface area contributed by atoms with Gasteiger partial charge < -0.3 is 10.2 Å². The minimum absolute atomic E-state index is 0.0376. The highest BCUT2D eigenvalue weighted by atomic mass is 35.5. The average Bonchev–Trinajstić information content (AvgIpc) is 2.77. The molecule has 174 valence electrons. The standard InChI is InChI=1S/C27H37ClN2O2/c1-6-25(27(32)29-17-19(2)3)30(18-23-9-7-8-10-24(23)28)26(31)16-13-21-11-14-22(15-12-21)20(4)5/h7-12,14-15,19-20,25H,6,13,16-18H2,1-5H3,(H,29,32)/t25-/m0/s1. The largest absolute Gasteiger partial charge is 0.354 e. The molecular formula is C27H37ClN2O2. The molecule has 0 aromatic heterocycles. The number of carbonyl (C=O) groups is 2. The molecule has 32 heavy (non-hydrogen) atoms. The molecule has 4 nitrogen and oxygen atoms in total.